The number of hydrogen-bond acceptors (Lipinski definition) is 4. The van der Waals surface area contributed by atoms with Crippen molar-refractivity contribution in [2.24, 2.45) is 17.4 Å². The van der Waals surface area contributed by atoms with Crippen molar-refractivity contribution in [3.8, 4) is 0 Å². The van der Waals surface area contributed by atoms with Crippen molar-refractivity contribution in [3.05, 3.63) is 0 Å². The lowest BCUT2D eigenvalue weighted by atomic mass is 9.97. The molecule has 4 amide bonds. The number of hydrogen-bond donors (Lipinski definition) is 3. The molecule has 1 aliphatic heterocycles. The molecule has 1 rings (SSSR count). The zero-order chi connectivity index (χ0) is 13.7. The predicted molar refractivity (Wildman–Crippen MR) is 60.7 cm³/mol. The number of piperidine rings is 1. The minimum absolute atomic E-state index is 0.115. The van der Waals surface area contributed by atoms with Crippen LogP contribution in [0, 0.1) is 5.92 Å². The van der Waals surface area contributed by atoms with Gasteiger partial charge in [0.05, 0.1) is 19.0 Å². The summed E-state index contributed by atoms with van der Waals surface area (Å²) in [5, 5.41) is 2.56. The molecule has 1 saturated heterocycles. The van der Waals surface area contributed by atoms with Gasteiger partial charge in [-0.15, -0.1) is 0 Å². The highest BCUT2D eigenvalue weighted by molar-refractivity contribution is 5.90. The Hall–Kier alpha value is -2.12. The first-order valence-electron chi connectivity index (χ1n) is 5.52. The summed E-state index contributed by atoms with van der Waals surface area (Å²) in [6.07, 6.45) is 0.635. The maximum Gasteiger partial charge on any atom is 0.237 e. The molecule has 100 valence electrons. The highest BCUT2D eigenvalue weighted by Gasteiger charge is 2.29. The van der Waals surface area contributed by atoms with E-state index in [-0.39, 0.29) is 32.0 Å². The lowest BCUT2D eigenvalue weighted by Gasteiger charge is -2.27. The molecule has 0 aromatic carbocycles. The van der Waals surface area contributed by atoms with Crippen molar-refractivity contribution in [2.75, 3.05) is 19.6 Å². The van der Waals surface area contributed by atoms with E-state index in [1.807, 2.05) is 0 Å². The minimum atomic E-state index is -0.718. The molecule has 5 N–H and O–H groups in total. The second-order valence-electron chi connectivity index (χ2n) is 4.17. The minimum Gasteiger partial charge on any atom is -0.368 e. The van der Waals surface area contributed by atoms with Crippen LogP contribution in [0.4, 0.5) is 0 Å². The van der Waals surface area contributed by atoms with Gasteiger partial charge in [-0.2, -0.15) is 0 Å². The molecule has 1 unspecified atom stereocenters. The van der Waals surface area contributed by atoms with Crippen molar-refractivity contribution in [1.82, 2.24) is 10.2 Å². The molecule has 1 heterocycles. The van der Waals surface area contributed by atoms with E-state index in [0.717, 1.165) is 4.90 Å². The average Bonchev–Trinajstić information content (AvgIpc) is 2.27. The van der Waals surface area contributed by atoms with E-state index in [1.165, 1.54) is 0 Å². The number of nitrogens with zero attached hydrogens (tertiary/aromatic N) is 1. The van der Waals surface area contributed by atoms with Crippen LogP contribution in [0.2, 0.25) is 0 Å². The molecule has 0 aromatic heterocycles. The molecule has 1 fully saturated rings. The smallest absolute Gasteiger partial charge is 0.237 e. The first kappa shape index (κ1) is 13.9. The normalized spacial score (nSPS) is 18.9. The van der Waals surface area contributed by atoms with Crippen LogP contribution in [-0.2, 0) is 19.2 Å². The molecule has 1 atom stereocenters. The molecule has 0 bridgehead atoms. The molecule has 0 radical (unpaired) electrons. The monoisotopic (exact) mass is 256 g/mol. The third-order valence-corrected chi connectivity index (χ3v) is 2.62. The average molecular weight is 256 g/mol. The number of amides is 4. The van der Waals surface area contributed by atoms with E-state index < -0.39 is 23.6 Å². The summed E-state index contributed by atoms with van der Waals surface area (Å²) in [6, 6.07) is 0. The topological polar surface area (TPSA) is 136 Å². The van der Waals surface area contributed by atoms with E-state index in [4.69, 9.17) is 11.5 Å². The zero-order valence-corrected chi connectivity index (χ0v) is 9.85. The largest absolute Gasteiger partial charge is 0.368 e. The van der Waals surface area contributed by atoms with Gasteiger partial charge < -0.3 is 21.7 Å². The van der Waals surface area contributed by atoms with Crippen LogP contribution in [0.25, 0.3) is 0 Å². The Morgan fingerprint density at radius 1 is 1.22 bits per heavy atom. The summed E-state index contributed by atoms with van der Waals surface area (Å²) in [6.45, 7) is -0.510. The first-order valence-corrected chi connectivity index (χ1v) is 5.52. The van der Waals surface area contributed by atoms with Crippen LogP contribution in [0.3, 0.4) is 0 Å². The number of nitrogens with two attached hydrogens (primary N) is 2. The highest BCUT2D eigenvalue weighted by Crippen LogP contribution is 2.13. The Labute approximate surface area is 104 Å². The van der Waals surface area contributed by atoms with Crippen LogP contribution in [0.15, 0.2) is 0 Å². The van der Waals surface area contributed by atoms with E-state index in [0.29, 0.717) is 6.42 Å². The lowest BCUT2D eigenvalue weighted by Crippen LogP contribution is -2.49. The van der Waals surface area contributed by atoms with Crippen molar-refractivity contribution in [1.29, 1.82) is 0 Å². The van der Waals surface area contributed by atoms with Crippen LogP contribution < -0.4 is 16.8 Å². The maximum atomic E-state index is 12.0. The van der Waals surface area contributed by atoms with Crippen LogP contribution in [-0.4, -0.2) is 48.2 Å². The van der Waals surface area contributed by atoms with Crippen molar-refractivity contribution < 1.29 is 19.2 Å². The van der Waals surface area contributed by atoms with Gasteiger partial charge in [-0.25, -0.2) is 0 Å². The second kappa shape index (κ2) is 5.99. The van der Waals surface area contributed by atoms with Gasteiger partial charge in [-0.3, -0.25) is 19.2 Å². The van der Waals surface area contributed by atoms with Crippen molar-refractivity contribution in [3.63, 3.8) is 0 Å². The molecule has 0 saturated carbocycles. The fourth-order valence-corrected chi connectivity index (χ4v) is 1.79. The van der Waals surface area contributed by atoms with Gasteiger partial charge in [-0.1, -0.05) is 0 Å². The molecule has 8 nitrogen and oxygen atoms in total. The summed E-state index contributed by atoms with van der Waals surface area (Å²) in [7, 11) is 0. The summed E-state index contributed by atoms with van der Waals surface area (Å²) in [5.41, 5.74) is 10.0. The number of carbonyl (C=O) groups excluding carboxylic acids is 4. The van der Waals surface area contributed by atoms with Gasteiger partial charge in [0.1, 0.15) is 0 Å². The first-order chi connectivity index (χ1) is 8.40. The Bertz CT molecular complexity index is 356. The number of rotatable bonds is 5. The van der Waals surface area contributed by atoms with Gasteiger partial charge >= 0.3 is 0 Å². The van der Waals surface area contributed by atoms with Gasteiger partial charge in [0, 0.05) is 13.0 Å². The zero-order valence-electron chi connectivity index (χ0n) is 9.85. The fourth-order valence-electron chi connectivity index (χ4n) is 1.79. The Balaban J connectivity index is 2.65. The fraction of sp³-hybridized carbons (Fsp3) is 0.600. The Kier molecular flexibility index (Phi) is 4.64. The molecule has 0 spiro atoms. The van der Waals surface area contributed by atoms with Gasteiger partial charge in [0.2, 0.25) is 23.6 Å². The van der Waals surface area contributed by atoms with Crippen LogP contribution in [0.1, 0.15) is 12.8 Å². The number of nitrogens with one attached hydrogen (secondary N) is 1. The summed E-state index contributed by atoms with van der Waals surface area (Å²) in [4.78, 5) is 45.7. The molecule has 0 aromatic rings. The van der Waals surface area contributed by atoms with E-state index in [2.05, 4.69) is 5.32 Å². The second-order valence-corrected chi connectivity index (χ2v) is 4.17. The summed E-state index contributed by atoms with van der Waals surface area (Å²) >= 11 is 0. The van der Waals surface area contributed by atoms with E-state index >= 15 is 0 Å². The molecule has 1 aliphatic rings. The van der Waals surface area contributed by atoms with Gasteiger partial charge in [-0.05, 0) is 6.42 Å². The van der Waals surface area contributed by atoms with E-state index in [9.17, 15) is 19.2 Å². The summed E-state index contributed by atoms with van der Waals surface area (Å²) in [5.74, 6) is -2.39. The van der Waals surface area contributed by atoms with Crippen molar-refractivity contribution in [2.45, 2.75) is 12.8 Å². The number of carbonyl (C=O) groups is 4. The molecule has 0 aliphatic carbocycles. The standard InChI is InChI=1S/C10H16N4O4/c11-7(15)4-14(5-8(12)16)10(18)6-1-2-9(17)13-3-6/h6H,1-5H2,(H2,11,15)(H2,12,16)(H,13,17). The van der Waals surface area contributed by atoms with Crippen LogP contribution >= 0.6 is 0 Å². The van der Waals surface area contributed by atoms with Gasteiger partial charge in [0.25, 0.3) is 0 Å². The molecular formula is C10H16N4O4. The SMILES string of the molecule is NC(=O)CN(CC(N)=O)C(=O)C1CCC(=O)NC1. The van der Waals surface area contributed by atoms with E-state index in [1.54, 1.807) is 0 Å². The predicted octanol–water partition coefficient (Wildman–Crippen LogP) is -2.69. The summed E-state index contributed by atoms with van der Waals surface area (Å²) < 4.78 is 0. The highest BCUT2D eigenvalue weighted by atomic mass is 16.2. The lowest BCUT2D eigenvalue weighted by molar-refractivity contribution is -0.142. The van der Waals surface area contributed by atoms with Crippen LogP contribution in [0.5, 0.6) is 0 Å². The number of primary amides is 2. The maximum absolute atomic E-state index is 12.0. The molecule has 8 heteroatoms. The molecule has 18 heavy (non-hydrogen) atoms. The Morgan fingerprint density at radius 2 is 1.78 bits per heavy atom. The molecular weight excluding hydrogens is 240 g/mol. The third-order valence-electron chi connectivity index (χ3n) is 2.62. The quantitative estimate of drug-likeness (QED) is 0.493. The van der Waals surface area contributed by atoms with Gasteiger partial charge in [0.15, 0.2) is 0 Å². The Morgan fingerprint density at radius 3 is 2.17 bits per heavy atom. The van der Waals surface area contributed by atoms with Crippen molar-refractivity contribution >= 4 is 23.6 Å². The third kappa shape index (κ3) is 4.04.